The van der Waals surface area contributed by atoms with Crippen molar-refractivity contribution in [2.45, 2.75) is 0 Å². The molecule has 0 unspecified atom stereocenters. The molecule has 0 radical (unpaired) electrons. The molecule has 0 saturated heterocycles. The lowest BCUT2D eigenvalue weighted by molar-refractivity contribution is -0.111. The Morgan fingerprint density at radius 2 is 2.00 bits per heavy atom. The van der Waals surface area contributed by atoms with Gasteiger partial charge in [-0.25, -0.2) is 4.39 Å². The molecular formula is C18H12ClFN2O. The quantitative estimate of drug-likeness (QED) is 0.710. The molecule has 0 saturated carbocycles. The van der Waals surface area contributed by atoms with E-state index in [0.29, 0.717) is 5.69 Å². The standard InChI is InChI=1S/C18H12ClFN2O/c19-15-11-14(7-8-16(15)20)22-17(23)9-6-13-4-1-3-12-5-2-10-21-18(12)13/h1-11H,(H,22,23)/b9-6+. The number of nitrogens with zero attached hydrogens (tertiary/aromatic N) is 1. The summed E-state index contributed by atoms with van der Waals surface area (Å²) in [6.07, 6.45) is 4.80. The zero-order chi connectivity index (χ0) is 16.2. The number of nitrogens with one attached hydrogen (secondary N) is 1. The highest BCUT2D eigenvalue weighted by molar-refractivity contribution is 6.31. The normalized spacial score (nSPS) is 11.0. The number of para-hydroxylation sites is 1. The molecular weight excluding hydrogens is 315 g/mol. The van der Waals surface area contributed by atoms with Gasteiger partial charge in [-0.05, 0) is 30.3 Å². The van der Waals surface area contributed by atoms with E-state index in [9.17, 15) is 9.18 Å². The van der Waals surface area contributed by atoms with Crippen LogP contribution in [-0.4, -0.2) is 10.9 Å². The first-order chi connectivity index (χ1) is 11.1. The van der Waals surface area contributed by atoms with Crippen LogP contribution in [0.2, 0.25) is 5.02 Å². The minimum atomic E-state index is -0.526. The molecule has 0 bridgehead atoms. The smallest absolute Gasteiger partial charge is 0.248 e. The number of benzene rings is 2. The molecule has 3 nitrogen and oxygen atoms in total. The van der Waals surface area contributed by atoms with Crippen LogP contribution in [0.1, 0.15) is 5.56 Å². The Morgan fingerprint density at radius 1 is 1.17 bits per heavy atom. The van der Waals surface area contributed by atoms with E-state index in [1.54, 1.807) is 12.3 Å². The van der Waals surface area contributed by atoms with Crippen molar-refractivity contribution >= 4 is 40.2 Å². The lowest BCUT2D eigenvalue weighted by atomic mass is 10.1. The van der Waals surface area contributed by atoms with E-state index in [2.05, 4.69) is 10.3 Å². The zero-order valence-corrected chi connectivity index (χ0v) is 12.7. The molecule has 0 atom stereocenters. The molecule has 0 spiro atoms. The average molecular weight is 327 g/mol. The number of aromatic nitrogens is 1. The third kappa shape index (κ3) is 3.55. The van der Waals surface area contributed by atoms with Crippen molar-refractivity contribution in [2.24, 2.45) is 0 Å². The molecule has 114 valence electrons. The van der Waals surface area contributed by atoms with Crippen LogP contribution in [-0.2, 0) is 4.79 Å². The molecule has 3 aromatic rings. The lowest BCUT2D eigenvalue weighted by Gasteiger charge is -2.03. The topological polar surface area (TPSA) is 42.0 Å². The number of anilines is 1. The minimum absolute atomic E-state index is 0.0370. The zero-order valence-electron chi connectivity index (χ0n) is 12.0. The molecule has 23 heavy (non-hydrogen) atoms. The second-order valence-electron chi connectivity index (χ2n) is 4.87. The molecule has 1 N–H and O–H groups in total. The highest BCUT2D eigenvalue weighted by atomic mass is 35.5. The van der Waals surface area contributed by atoms with Crippen LogP contribution in [0.3, 0.4) is 0 Å². The summed E-state index contributed by atoms with van der Waals surface area (Å²) in [4.78, 5) is 16.3. The van der Waals surface area contributed by atoms with Gasteiger partial charge >= 0.3 is 0 Å². The molecule has 0 fully saturated rings. The van der Waals surface area contributed by atoms with E-state index >= 15 is 0 Å². The Bertz CT molecular complexity index is 903. The van der Waals surface area contributed by atoms with Crippen LogP contribution in [0, 0.1) is 5.82 Å². The van der Waals surface area contributed by atoms with Crippen LogP contribution < -0.4 is 5.32 Å². The fraction of sp³-hybridized carbons (Fsp3) is 0. The number of pyridine rings is 1. The van der Waals surface area contributed by atoms with Crippen molar-refractivity contribution < 1.29 is 9.18 Å². The SMILES string of the molecule is O=C(/C=C/c1cccc2cccnc12)Nc1ccc(F)c(Cl)c1. The van der Waals surface area contributed by atoms with E-state index in [1.165, 1.54) is 24.3 Å². The highest BCUT2D eigenvalue weighted by Gasteiger charge is 2.03. The molecule has 0 aliphatic heterocycles. The second kappa shape index (κ2) is 6.58. The summed E-state index contributed by atoms with van der Waals surface area (Å²) < 4.78 is 13.1. The summed E-state index contributed by atoms with van der Waals surface area (Å²) in [7, 11) is 0. The molecule has 5 heteroatoms. The number of hydrogen-bond donors (Lipinski definition) is 1. The van der Waals surface area contributed by atoms with Gasteiger partial charge in [0.05, 0.1) is 10.5 Å². The highest BCUT2D eigenvalue weighted by Crippen LogP contribution is 2.20. The van der Waals surface area contributed by atoms with Gasteiger partial charge in [-0.15, -0.1) is 0 Å². The van der Waals surface area contributed by atoms with Gasteiger partial charge in [-0.3, -0.25) is 9.78 Å². The maximum absolute atomic E-state index is 13.1. The second-order valence-corrected chi connectivity index (χ2v) is 5.28. The van der Waals surface area contributed by atoms with Gasteiger partial charge in [0.25, 0.3) is 0 Å². The van der Waals surface area contributed by atoms with Gasteiger partial charge in [0.1, 0.15) is 5.82 Å². The van der Waals surface area contributed by atoms with Gasteiger partial charge in [0.15, 0.2) is 0 Å². The van der Waals surface area contributed by atoms with Crippen LogP contribution in [0.5, 0.6) is 0 Å². The summed E-state index contributed by atoms with van der Waals surface area (Å²) in [6, 6.07) is 13.6. The predicted molar refractivity (Wildman–Crippen MR) is 90.8 cm³/mol. The van der Waals surface area contributed by atoms with Crippen LogP contribution >= 0.6 is 11.6 Å². The molecule has 0 aliphatic rings. The summed E-state index contributed by atoms with van der Waals surface area (Å²) >= 11 is 5.68. The van der Waals surface area contributed by atoms with Crippen molar-refractivity contribution in [1.29, 1.82) is 0 Å². The minimum Gasteiger partial charge on any atom is -0.322 e. The number of hydrogen-bond acceptors (Lipinski definition) is 2. The van der Waals surface area contributed by atoms with Crippen molar-refractivity contribution in [1.82, 2.24) is 4.98 Å². The molecule has 1 aromatic heterocycles. The Hall–Kier alpha value is -2.72. The Labute approximate surface area is 137 Å². The maximum Gasteiger partial charge on any atom is 0.248 e. The Kier molecular flexibility index (Phi) is 4.35. The average Bonchev–Trinajstić information content (AvgIpc) is 2.56. The predicted octanol–water partition coefficient (Wildman–Crippen LogP) is 4.68. The first-order valence-corrected chi connectivity index (χ1v) is 7.29. The third-order valence-corrected chi connectivity index (χ3v) is 3.55. The number of halogens is 2. The molecule has 1 heterocycles. The van der Waals surface area contributed by atoms with Crippen LogP contribution in [0.15, 0.2) is 60.8 Å². The summed E-state index contributed by atoms with van der Waals surface area (Å²) in [5, 5.41) is 3.59. The lowest BCUT2D eigenvalue weighted by Crippen LogP contribution is -2.07. The van der Waals surface area contributed by atoms with Gasteiger partial charge in [-0.1, -0.05) is 35.9 Å². The van der Waals surface area contributed by atoms with E-state index in [1.807, 2.05) is 30.3 Å². The fourth-order valence-corrected chi connectivity index (χ4v) is 2.37. The van der Waals surface area contributed by atoms with Crippen LogP contribution in [0.4, 0.5) is 10.1 Å². The van der Waals surface area contributed by atoms with Gasteiger partial charge in [-0.2, -0.15) is 0 Å². The van der Waals surface area contributed by atoms with Crippen LogP contribution in [0.25, 0.3) is 17.0 Å². The summed E-state index contributed by atoms with van der Waals surface area (Å²) in [5.74, 6) is -0.859. The summed E-state index contributed by atoms with van der Waals surface area (Å²) in [6.45, 7) is 0. The van der Waals surface area contributed by atoms with E-state index in [4.69, 9.17) is 11.6 Å². The Balaban J connectivity index is 1.78. The monoisotopic (exact) mass is 326 g/mol. The molecule has 1 amide bonds. The van der Waals surface area contributed by atoms with Gasteiger partial charge in [0, 0.05) is 28.9 Å². The van der Waals surface area contributed by atoms with Crippen molar-refractivity contribution in [3.63, 3.8) is 0 Å². The summed E-state index contributed by atoms with van der Waals surface area (Å²) in [5.41, 5.74) is 2.10. The number of amides is 1. The number of fused-ring (bicyclic) bond motifs is 1. The van der Waals surface area contributed by atoms with Crippen molar-refractivity contribution in [2.75, 3.05) is 5.32 Å². The van der Waals surface area contributed by atoms with E-state index in [0.717, 1.165) is 16.5 Å². The number of carbonyl (C=O) groups is 1. The largest absolute Gasteiger partial charge is 0.322 e. The molecule has 2 aromatic carbocycles. The number of rotatable bonds is 3. The first-order valence-electron chi connectivity index (χ1n) is 6.91. The first kappa shape index (κ1) is 15.2. The Morgan fingerprint density at radius 3 is 2.83 bits per heavy atom. The van der Waals surface area contributed by atoms with Gasteiger partial charge < -0.3 is 5.32 Å². The third-order valence-electron chi connectivity index (χ3n) is 3.27. The fourth-order valence-electron chi connectivity index (χ4n) is 2.19. The van der Waals surface area contributed by atoms with Crippen molar-refractivity contribution in [3.05, 3.63) is 77.2 Å². The maximum atomic E-state index is 13.1. The number of carbonyl (C=O) groups excluding carboxylic acids is 1. The molecule has 0 aliphatic carbocycles. The van der Waals surface area contributed by atoms with Gasteiger partial charge in [0.2, 0.25) is 5.91 Å². The van der Waals surface area contributed by atoms with Crippen molar-refractivity contribution in [3.8, 4) is 0 Å². The van der Waals surface area contributed by atoms with E-state index in [-0.39, 0.29) is 10.9 Å². The molecule has 3 rings (SSSR count). The van der Waals surface area contributed by atoms with E-state index < -0.39 is 5.82 Å².